The van der Waals surface area contributed by atoms with Crippen LogP contribution in [-0.2, 0) is 22.6 Å². The number of carbonyl (C=O) groups excluding carboxylic acids is 2. The summed E-state index contributed by atoms with van der Waals surface area (Å²) in [7, 11) is 3.04. The minimum atomic E-state index is -0.465. The van der Waals surface area contributed by atoms with Crippen LogP contribution in [0.25, 0.3) is 0 Å². The van der Waals surface area contributed by atoms with Crippen LogP contribution in [0.5, 0.6) is 11.5 Å². The lowest BCUT2D eigenvalue weighted by atomic mass is 10.0. The highest BCUT2D eigenvalue weighted by Gasteiger charge is 2.16. The molecular formula is C20H21FN2O4. The Kier molecular flexibility index (Phi) is 5.59. The van der Waals surface area contributed by atoms with Crippen molar-refractivity contribution in [3.8, 4) is 11.5 Å². The van der Waals surface area contributed by atoms with Crippen molar-refractivity contribution < 1.29 is 23.5 Å². The van der Waals surface area contributed by atoms with E-state index in [9.17, 15) is 14.0 Å². The minimum Gasteiger partial charge on any atom is -0.494 e. The van der Waals surface area contributed by atoms with Crippen LogP contribution in [-0.4, -0.2) is 37.5 Å². The number of ether oxygens (including phenoxy) is 2. The second kappa shape index (κ2) is 8.07. The van der Waals surface area contributed by atoms with Crippen molar-refractivity contribution in [2.24, 2.45) is 0 Å². The Labute approximate surface area is 156 Å². The van der Waals surface area contributed by atoms with E-state index in [1.54, 1.807) is 25.2 Å². The highest BCUT2D eigenvalue weighted by Crippen LogP contribution is 2.26. The van der Waals surface area contributed by atoms with Gasteiger partial charge in [0.2, 0.25) is 5.91 Å². The van der Waals surface area contributed by atoms with Crippen LogP contribution in [0.15, 0.2) is 36.4 Å². The van der Waals surface area contributed by atoms with Gasteiger partial charge >= 0.3 is 0 Å². The molecule has 1 heterocycles. The molecule has 0 saturated heterocycles. The first kappa shape index (κ1) is 18.7. The standard InChI is InChI=1S/C20H21FN2O4/c1-23(11-13-3-7-18(26-2)16(21)9-13)20(25)12-27-15-5-6-17-14(10-15)4-8-19(24)22-17/h3,5-7,9-10H,4,8,11-12H2,1-2H3,(H,22,24). The van der Waals surface area contributed by atoms with Crippen molar-refractivity contribution in [1.82, 2.24) is 4.90 Å². The first-order valence-electron chi connectivity index (χ1n) is 8.58. The van der Waals surface area contributed by atoms with Crippen LogP contribution >= 0.6 is 0 Å². The molecule has 27 heavy (non-hydrogen) atoms. The third-order valence-electron chi connectivity index (χ3n) is 4.40. The van der Waals surface area contributed by atoms with Gasteiger partial charge in [-0.3, -0.25) is 9.59 Å². The molecule has 0 spiro atoms. The number of anilines is 1. The van der Waals surface area contributed by atoms with Crippen LogP contribution in [0.2, 0.25) is 0 Å². The summed E-state index contributed by atoms with van der Waals surface area (Å²) in [5.41, 5.74) is 2.43. The molecule has 0 radical (unpaired) electrons. The van der Waals surface area contributed by atoms with Crippen LogP contribution < -0.4 is 14.8 Å². The predicted octanol–water partition coefficient (Wildman–Crippen LogP) is 2.76. The van der Waals surface area contributed by atoms with Gasteiger partial charge in [0.15, 0.2) is 18.2 Å². The maximum absolute atomic E-state index is 13.8. The van der Waals surface area contributed by atoms with Gasteiger partial charge in [0, 0.05) is 25.7 Å². The summed E-state index contributed by atoms with van der Waals surface area (Å²) < 4.78 is 24.2. The first-order chi connectivity index (χ1) is 13.0. The van der Waals surface area contributed by atoms with E-state index in [-0.39, 0.29) is 30.7 Å². The number of halogens is 1. The fraction of sp³-hybridized carbons (Fsp3) is 0.300. The molecule has 7 heteroatoms. The average molecular weight is 372 g/mol. The Hall–Kier alpha value is -3.09. The molecule has 6 nitrogen and oxygen atoms in total. The zero-order chi connectivity index (χ0) is 19.4. The van der Waals surface area contributed by atoms with Gasteiger partial charge in [-0.15, -0.1) is 0 Å². The molecule has 0 aliphatic carbocycles. The number of hydrogen-bond donors (Lipinski definition) is 1. The van der Waals surface area contributed by atoms with E-state index in [1.807, 2.05) is 6.07 Å². The van der Waals surface area contributed by atoms with Crippen molar-refractivity contribution in [2.75, 3.05) is 26.1 Å². The molecule has 0 unspecified atom stereocenters. The molecule has 0 aromatic heterocycles. The lowest BCUT2D eigenvalue weighted by Gasteiger charge is -2.19. The van der Waals surface area contributed by atoms with Crippen LogP contribution in [0.4, 0.5) is 10.1 Å². The number of hydrogen-bond acceptors (Lipinski definition) is 4. The first-order valence-corrected chi connectivity index (χ1v) is 8.58. The monoisotopic (exact) mass is 372 g/mol. The molecule has 1 N–H and O–H groups in total. The molecule has 0 atom stereocenters. The Balaban J connectivity index is 1.56. The van der Waals surface area contributed by atoms with Gasteiger partial charge < -0.3 is 19.7 Å². The smallest absolute Gasteiger partial charge is 0.260 e. The summed E-state index contributed by atoms with van der Waals surface area (Å²) in [6, 6.07) is 9.92. The third-order valence-corrected chi connectivity index (χ3v) is 4.40. The average Bonchev–Trinajstić information content (AvgIpc) is 2.66. The summed E-state index contributed by atoms with van der Waals surface area (Å²) >= 11 is 0. The minimum absolute atomic E-state index is 0.00272. The number of likely N-dealkylation sites (N-methyl/N-ethyl adjacent to an activating group) is 1. The number of nitrogens with one attached hydrogen (secondary N) is 1. The maximum Gasteiger partial charge on any atom is 0.260 e. The normalized spacial score (nSPS) is 12.8. The molecule has 2 amide bonds. The number of carbonyl (C=O) groups is 2. The number of methoxy groups -OCH3 is 1. The molecule has 2 aromatic rings. The molecule has 142 valence electrons. The summed E-state index contributed by atoms with van der Waals surface area (Å²) in [5.74, 6) is 0.0511. The van der Waals surface area contributed by atoms with E-state index in [0.717, 1.165) is 11.3 Å². The second-order valence-electron chi connectivity index (χ2n) is 6.37. The molecule has 1 aliphatic rings. The highest BCUT2D eigenvalue weighted by molar-refractivity contribution is 5.94. The Morgan fingerprint density at radius 1 is 1.22 bits per heavy atom. The predicted molar refractivity (Wildman–Crippen MR) is 98.3 cm³/mol. The van der Waals surface area contributed by atoms with Crippen molar-refractivity contribution in [3.63, 3.8) is 0 Å². The molecule has 0 bridgehead atoms. The molecule has 3 rings (SSSR count). The van der Waals surface area contributed by atoms with Gasteiger partial charge in [-0.25, -0.2) is 4.39 Å². The molecular weight excluding hydrogens is 351 g/mol. The summed E-state index contributed by atoms with van der Waals surface area (Å²) in [6.45, 7) is 0.139. The van der Waals surface area contributed by atoms with Crippen LogP contribution in [0, 0.1) is 5.82 Å². The Bertz CT molecular complexity index is 869. The largest absolute Gasteiger partial charge is 0.494 e. The second-order valence-corrected chi connectivity index (χ2v) is 6.37. The number of rotatable bonds is 6. The molecule has 0 saturated carbocycles. The highest BCUT2D eigenvalue weighted by atomic mass is 19.1. The van der Waals surface area contributed by atoms with Gasteiger partial charge in [-0.1, -0.05) is 6.07 Å². The maximum atomic E-state index is 13.8. The number of amides is 2. The van der Waals surface area contributed by atoms with E-state index in [2.05, 4.69) is 5.32 Å². The van der Waals surface area contributed by atoms with Gasteiger partial charge in [0.25, 0.3) is 5.91 Å². The van der Waals surface area contributed by atoms with Crippen molar-refractivity contribution in [1.29, 1.82) is 0 Å². The SMILES string of the molecule is COc1ccc(CN(C)C(=O)COc2ccc3c(c2)CCC(=O)N3)cc1F. The topological polar surface area (TPSA) is 67.9 Å². The lowest BCUT2D eigenvalue weighted by molar-refractivity contribution is -0.132. The van der Waals surface area contributed by atoms with Crippen molar-refractivity contribution in [2.45, 2.75) is 19.4 Å². The van der Waals surface area contributed by atoms with Gasteiger partial charge in [-0.05, 0) is 47.9 Å². The number of aryl methyl sites for hydroxylation is 1. The number of nitrogens with zero attached hydrogens (tertiary/aromatic N) is 1. The van der Waals surface area contributed by atoms with E-state index in [4.69, 9.17) is 9.47 Å². The van der Waals surface area contributed by atoms with Crippen molar-refractivity contribution >= 4 is 17.5 Å². The molecule has 2 aromatic carbocycles. The Morgan fingerprint density at radius 2 is 2.04 bits per heavy atom. The fourth-order valence-electron chi connectivity index (χ4n) is 2.88. The number of fused-ring (bicyclic) bond motifs is 1. The number of benzene rings is 2. The summed E-state index contributed by atoms with van der Waals surface area (Å²) in [5, 5.41) is 2.80. The zero-order valence-electron chi connectivity index (χ0n) is 15.3. The van der Waals surface area contributed by atoms with Crippen molar-refractivity contribution in [3.05, 3.63) is 53.3 Å². The summed E-state index contributed by atoms with van der Waals surface area (Å²) in [6.07, 6.45) is 1.09. The van der Waals surface area contributed by atoms with Crippen LogP contribution in [0.3, 0.4) is 0 Å². The lowest BCUT2D eigenvalue weighted by Crippen LogP contribution is -2.31. The van der Waals surface area contributed by atoms with Gasteiger partial charge in [0.05, 0.1) is 7.11 Å². The zero-order valence-corrected chi connectivity index (χ0v) is 15.3. The summed E-state index contributed by atoms with van der Waals surface area (Å²) in [4.78, 5) is 25.1. The van der Waals surface area contributed by atoms with E-state index in [1.165, 1.54) is 24.1 Å². The van der Waals surface area contributed by atoms with Gasteiger partial charge in [-0.2, -0.15) is 0 Å². The quantitative estimate of drug-likeness (QED) is 0.847. The Morgan fingerprint density at radius 3 is 2.78 bits per heavy atom. The molecule has 1 aliphatic heterocycles. The third kappa shape index (κ3) is 4.55. The van der Waals surface area contributed by atoms with E-state index < -0.39 is 5.82 Å². The van der Waals surface area contributed by atoms with Crippen LogP contribution in [0.1, 0.15) is 17.5 Å². The van der Waals surface area contributed by atoms with E-state index in [0.29, 0.717) is 24.2 Å². The fourth-order valence-corrected chi connectivity index (χ4v) is 2.88. The van der Waals surface area contributed by atoms with Gasteiger partial charge in [0.1, 0.15) is 5.75 Å². The molecule has 0 fully saturated rings. The van der Waals surface area contributed by atoms with E-state index >= 15 is 0 Å².